The molecule has 0 saturated heterocycles. The number of halogens is 1. The number of ether oxygens (including phenoxy) is 1. The average molecular weight is 414 g/mol. The van der Waals surface area contributed by atoms with Crippen molar-refractivity contribution in [2.45, 2.75) is 26.8 Å². The van der Waals surface area contributed by atoms with Gasteiger partial charge in [0.05, 0.1) is 24.1 Å². The Kier molecular flexibility index (Phi) is 6.29. The second-order valence-electron chi connectivity index (χ2n) is 6.45. The van der Waals surface area contributed by atoms with E-state index in [-0.39, 0.29) is 19.6 Å². The SMILES string of the molecule is CCOC(=O)Cc1nn(CC(=O)Nc2ccc(C)c(Cl)c2)c(=O)c2ccccc12. The van der Waals surface area contributed by atoms with Crippen LogP contribution in [-0.4, -0.2) is 28.3 Å². The number of carbonyl (C=O) groups excluding carboxylic acids is 2. The summed E-state index contributed by atoms with van der Waals surface area (Å²) in [5, 5.41) is 8.43. The van der Waals surface area contributed by atoms with E-state index in [9.17, 15) is 14.4 Å². The van der Waals surface area contributed by atoms with Gasteiger partial charge >= 0.3 is 5.97 Å². The number of benzene rings is 2. The van der Waals surface area contributed by atoms with Crippen LogP contribution < -0.4 is 10.9 Å². The summed E-state index contributed by atoms with van der Waals surface area (Å²) < 4.78 is 6.05. The van der Waals surface area contributed by atoms with Crippen LogP contribution in [-0.2, 0) is 27.3 Å². The topological polar surface area (TPSA) is 90.3 Å². The minimum Gasteiger partial charge on any atom is -0.466 e. The van der Waals surface area contributed by atoms with Gasteiger partial charge in [-0.2, -0.15) is 5.10 Å². The first kappa shape index (κ1) is 20.5. The van der Waals surface area contributed by atoms with Crippen LogP contribution in [0.15, 0.2) is 47.3 Å². The summed E-state index contributed by atoms with van der Waals surface area (Å²) in [6.45, 7) is 3.52. The van der Waals surface area contributed by atoms with Gasteiger partial charge in [-0.1, -0.05) is 35.9 Å². The minimum atomic E-state index is -0.450. The quantitative estimate of drug-likeness (QED) is 0.627. The van der Waals surface area contributed by atoms with Crippen molar-refractivity contribution in [1.82, 2.24) is 9.78 Å². The molecule has 8 heteroatoms. The Hall–Kier alpha value is -3.19. The highest BCUT2D eigenvalue weighted by Crippen LogP contribution is 2.20. The number of esters is 1. The van der Waals surface area contributed by atoms with Gasteiger partial charge < -0.3 is 10.1 Å². The molecular weight excluding hydrogens is 394 g/mol. The summed E-state index contributed by atoms with van der Waals surface area (Å²) in [5.41, 5.74) is 1.38. The highest BCUT2D eigenvalue weighted by atomic mass is 35.5. The average Bonchev–Trinajstić information content (AvgIpc) is 2.68. The lowest BCUT2D eigenvalue weighted by Crippen LogP contribution is -2.31. The highest BCUT2D eigenvalue weighted by molar-refractivity contribution is 6.31. The van der Waals surface area contributed by atoms with Crippen LogP contribution in [0, 0.1) is 6.92 Å². The summed E-state index contributed by atoms with van der Waals surface area (Å²) in [5.74, 6) is -0.883. The van der Waals surface area contributed by atoms with E-state index in [1.165, 1.54) is 0 Å². The lowest BCUT2D eigenvalue weighted by atomic mass is 10.1. The van der Waals surface area contributed by atoms with Crippen LogP contribution in [0.3, 0.4) is 0 Å². The highest BCUT2D eigenvalue weighted by Gasteiger charge is 2.16. The maximum atomic E-state index is 12.8. The van der Waals surface area contributed by atoms with Gasteiger partial charge in [-0.25, -0.2) is 4.68 Å². The predicted molar refractivity (Wildman–Crippen MR) is 111 cm³/mol. The van der Waals surface area contributed by atoms with E-state index < -0.39 is 17.4 Å². The first-order valence-electron chi connectivity index (χ1n) is 9.09. The lowest BCUT2D eigenvalue weighted by Gasteiger charge is -2.11. The number of aromatic nitrogens is 2. The molecule has 1 heterocycles. The van der Waals surface area contributed by atoms with Crippen molar-refractivity contribution in [1.29, 1.82) is 0 Å². The number of fused-ring (bicyclic) bond motifs is 1. The van der Waals surface area contributed by atoms with Crippen LogP contribution in [0.25, 0.3) is 10.8 Å². The molecule has 0 fully saturated rings. The normalized spacial score (nSPS) is 10.7. The van der Waals surface area contributed by atoms with E-state index >= 15 is 0 Å². The van der Waals surface area contributed by atoms with Crippen molar-refractivity contribution in [3.63, 3.8) is 0 Å². The van der Waals surface area contributed by atoms with E-state index in [1.54, 1.807) is 49.4 Å². The monoisotopic (exact) mass is 413 g/mol. The molecule has 0 aliphatic heterocycles. The number of carbonyl (C=O) groups is 2. The standard InChI is InChI=1S/C21H20ClN3O4/c1-3-29-20(27)11-18-15-6-4-5-7-16(15)21(28)25(24-18)12-19(26)23-14-9-8-13(2)17(22)10-14/h4-10H,3,11-12H2,1-2H3,(H,23,26). The fourth-order valence-corrected chi connectivity index (χ4v) is 3.08. The van der Waals surface area contributed by atoms with Crippen molar-refractivity contribution in [2.24, 2.45) is 0 Å². The van der Waals surface area contributed by atoms with Gasteiger partial charge in [0.25, 0.3) is 5.56 Å². The molecule has 0 aliphatic carbocycles. The van der Waals surface area contributed by atoms with Crippen molar-refractivity contribution in [2.75, 3.05) is 11.9 Å². The van der Waals surface area contributed by atoms with Crippen molar-refractivity contribution < 1.29 is 14.3 Å². The van der Waals surface area contributed by atoms with Crippen LogP contribution in [0.5, 0.6) is 0 Å². The fourth-order valence-electron chi connectivity index (χ4n) is 2.90. The molecule has 1 amide bonds. The fraction of sp³-hybridized carbons (Fsp3) is 0.238. The number of nitrogens with one attached hydrogen (secondary N) is 1. The number of hydrogen-bond acceptors (Lipinski definition) is 5. The van der Waals surface area contributed by atoms with Crippen LogP contribution in [0.1, 0.15) is 18.2 Å². The van der Waals surface area contributed by atoms with Gasteiger partial charge in [0, 0.05) is 16.1 Å². The van der Waals surface area contributed by atoms with Gasteiger partial charge in [-0.3, -0.25) is 14.4 Å². The van der Waals surface area contributed by atoms with E-state index in [1.807, 2.05) is 6.92 Å². The molecule has 3 aromatic rings. The third kappa shape index (κ3) is 4.81. The largest absolute Gasteiger partial charge is 0.466 e. The van der Waals surface area contributed by atoms with Gasteiger partial charge in [0.1, 0.15) is 6.54 Å². The molecule has 3 rings (SSSR count). The maximum Gasteiger partial charge on any atom is 0.311 e. The first-order valence-corrected chi connectivity index (χ1v) is 9.47. The smallest absolute Gasteiger partial charge is 0.311 e. The molecule has 0 saturated carbocycles. The van der Waals surface area contributed by atoms with E-state index in [4.69, 9.17) is 16.3 Å². The molecule has 0 bridgehead atoms. The summed E-state index contributed by atoms with van der Waals surface area (Å²) in [6, 6.07) is 12.0. The molecule has 1 N–H and O–H groups in total. The number of aryl methyl sites for hydroxylation is 1. The molecule has 150 valence electrons. The molecule has 0 aliphatic rings. The van der Waals surface area contributed by atoms with Gasteiger partial charge in [0.2, 0.25) is 5.91 Å². The molecule has 0 atom stereocenters. The Balaban J connectivity index is 1.90. The predicted octanol–water partition coefficient (Wildman–Crippen LogP) is 3.10. The Bertz CT molecular complexity index is 1140. The molecule has 2 aromatic carbocycles. The zero-order chi connectivity index (χ0) is 21.0. The lowest BCUT2D eigenvalue weighted by molar-refractivity contribution is -0.142. The summed E-state index contributed by atoms with van der Waals surface area (Å²) in [6.07, 6.45) is -0.0934. The van der Waals surface area contributed by atoms with Gasteiger partial charge in [-0.15, -0.1) is 0 Å². The minimum absolute atomic E-state index is 0.0934. The van der Waals surface area contributed by atoms with Crippen molar-refractivity contribution in [3.05, 3.63) is 69.1 Å². The molecule has 1 aromatic heterocycles. The van der Waals surface area contributed by atoms with Crippen molar-refractivity contribution in [3.8, 4) is 0 Å². The molecule has 0 spiro atoms. The second kappa shape index (κ2) is 8.87. The maximum absolute atomic E-state index is 12.8. The first-order chi connectivity index (χ1) is 13.9. The molecule has 29 heavy (non-hydrogen) atoms. The number of rotatable bonds is 6. The van der Waals surface area contributed by atoms with Crippen LogP contribution in [0.4, 0.5) is 5.69 Å². The van der Waals surface area contributed by atoms with Crippen LogP contribution in [0.2, 0.25) is 5.02 Å². The molecule has 0 unspecified atom stereocenters. The van der Waals surface area contributed by atoms with E-state index in [2.05, 4.69) is 10.4 Å². The van der Waals surface area contributed by atoms with Gasteiger partial charge in [-0.05, 0) is 37.6 Å². The van der Waals surface area contributed by atoms with Crippen molar-refractivity contribution >= 4 is 39.9 Å². The number of anilines is 1. The summed E-state index contributed by atoms with van der Waals surface area (Å²) >= 11 is 6.08. The van der Waals surface area contributed by atoms with E-state index in [0.717, 1.165) is 10.2 Å². The third-order valence-corrected chi connectivity index (χ3v) is 4.72. The molecule has 7 nitrogen and oxygen atoms in total. The van der Waals surface area contributed by atoms with E-state index in [0.29, 0.717) is 27.2 Å². The summed E-state index contributed by atoms with van der Waals surface area (Å²) in [4.78, 5) is 37.2. The van der Waals surface area contributed by atoms with Gasteiger partial charge in [0.15, 0.2) is 0 Å². The number of amides is 1. The molecule has 0 radical (unpaired) electrons. The number of nitrogens with zero attached hydrogens (tertiary/aromatic N) is 2. The molecular formula is C21H20ClN3O4. The Morgan fingerprint density at radius 1 is 1.17 bits per heavy atom. The second-order valence-corrected chi connectivity index (χ2v) is 6.86. The zero-order valence-corrected chi connectivity index (χ0v) is 16.8. The van der Waals surface area contributed by atoms with Crippen LogP contribution >= 0.6 is 11.6 Å². The third-order valence-electron chi connectivity index (χ3n) is 4.31. The number of hydrogen-bond donors (Lipinski definition) is 1. The zero-order valence-electron chi connectivity index (χ0n) is 16.1. The Morgan fingerprint density at radius 3 is 2.59 bits per heavy atom. The summed E-state index contributed by atoms with van der Waals surface area (Å²) in [7, 11) is 0. The Labute approximate surface area is 172 Å². The Morgan fingerprint density at radius 2 is 1.90 bits per heavy atom.